The van der Waals surface area contributed by atoms with Crippen LogP contribution in [-0.4, -0.2) is 42.1 Å². The zero-order chi connectivity index (χ0) is 20.7. The first-order valence-corrected chi connectivity index (χ1v) is 10.4. The molecular formula is C22H35N3O3. The van der Waals surface area contributed by atoms with Crippen LogP contribution in [0.25, 0.3) is 0 Å². The van der Waals surface area contributed by atoms with Gasteiger partial charge < -0.3 is 20.3 Å². The molecule has 2 rings (SSSR count). The summed E-state index contributed by atoms with van der Waals surface area (Å²) in [6.07, 6.45) is 2.57. The van der Waals surface area contributed by atoms with E-state index in [-0.39, 0.29) is 24.0 Å². The Kier molecular flexibility index (Phi) is 8.15. The molecule has 1 aromatic carbocycles. The van der Waals surface area contributed by atoms with Gasteiger partial charge in [-0.05, 0) is 63.6 Å². The standard InChI is InChI=1S/C22H35N3O3/c1-15(2)12-14-28-19-10-8-18(9-11-19)17(5)24-21(26)20-7-6-13-25(20)22(27)23-16(3)4/h8-11,15-17,20H,6-7,12-14H2,1-5H3,(H,23,27)(H,24,26)/t17?,20-/m0/s1. The number of nitrogens with one attached hydrogen (secondary N) is 2. The van der Waals surface area contributed by atoms with Gasteiger partial charge in [-0.25, -0.2) is 4.79 Å². The molecule has 28 heavy (non-hydrogen) atoms. The zero-order valence-corrected chi connectivity index (χ0v) is 17.8. The zero-order valence-electron chi connectivity index (χ0n) is 17.8. The molecule has 1 saturated heterocycles. The maximum Gasteiger partial charge on any atom is 0.318 e. The Morgan fingerprint density at radius 2 is 1.79 bits per heavy atom. The molecule has 6 nitrogen and oxygen atoms in total. The predicted octanol–water partition coefficient (Wildman–Crippen LogP) is 3.87. The molecule has 0 aromatic heterocycles. The number of amides is 3. The van der Waals surface area contributed by atoms with Crippen molar-refractivity contribution >= 4 is 11.9 Å². The van der Waals surface area contributed by atoms with Gasteiger partial charge in [-0.3, -0.25) is 4.79 Å². The van der Waals surface area contributed by atoms with Crippen LogP contribution >= 0.6 is 0 Å². The summed E-state index contributed by atoms with van der Waals surface area (Å²) in [5.74, 6) is 1.36. The number of carbonyl (C=O) groups is 2. The van der Waals surface area contributed by atoms with Gasteiger partial charge >= 0.3 is 6.03 Å². The van der Waals surface area contributed by atoms with Gasteiger partial charge in [0.25, 0.3) is 0 Å². The minimum atomic E-state index is -0.403. The van der Waals surface area contributed by atoms with E-state index in [2.05, 4.69) is 24.5 Å². The topological polar surface area (TPSA) is 70.7 Å². The lowest BCUT2D eigenvalue weighted by Crippen LogP contribution is -2.51. The summed E-state index contributed by atoms with van der Waals surface area (Å²) in [5, 5.41) is 5.93. The molecule has 0 radical (unpaired) electrons. The fraction of sp³-hybridized carbons (Fsp3) is 0.636. The Labute approximate surface area is 169 Å². The molecular weight excluding hydrogens is 354 g/mol. The van der Waals surface area contributed by atoms with E-state index in [1.165, 1.54) is 0 Å². The molecule has 6 heteroatoms. The van der Waals surface area contributed by atoms with Crippen LogP contribution in [0.2, 0.25) is 0 Å². The molecule has 2 N–H and O–H groups in total. The molecule has 1 aliphatic rings. The van der Waals surface area contributed by atoms with Crippen molar-refractivity contribution in [2.75, 3.05) is 13.2 Å². The summed E-state index contributed by atoms with van der Waals surface area (Å²) < 4.78 is 5.75. The third-order valence-electron chi connectivity index (χ3n) is 4.93. The number of rotatable bonds is 8. The fourth-order valence-electron chi connectivity index (χ4n) is 3.27. The number of benzene rings is 1. The molecule has 1 aromatic rings. The smallest absolute Gasteiger partial charge is 0.318 e. The Balaban J connectivity index is 1.89. The summed E-state index contributed by atoms with van der Waals surface area (Å²) in [4.78, 5) is 26.7. The highest BCUT2D eigenvalue weighted by Gasteiger charge is 2.34. The highest BCUT2D eigenvalue weighted by molar-refractivity contribution is 5.88. The number of urea groups is 1. The van der Waals surface area contributed by atoms with Gasteiger partial charge in [0.2, 0.25) is 5.91 Å². The maximum atomic E-state index is 12.7. The van der Waals surface area contributed by atoms with Crippen molar-refractivity contribution in [2.45, 2.75) is 72.0 Å². The van der Waals surface area contributed by atoms with E-state index in [9.17, 15) is 9.59 Å². The van der Waals surface area contributed by atoms with E-state index in [1.807, 2.05) is 45.0 Å². The van der Waals surface area contributed by atoms with E-state index >= 15 is 0 Å². The molecule has 156 valence electrons. The predicted molar refractivity (Wildman–Crippen MR) is 111 cm³/mol. The van der Waals surface area contributed by atoms with Gasteiger partial charge in [-0.2, -0.15) is 0 Å². The molecule has 3 amide bonds. The number of ether oxygens (including phenoxy) is 1. The van der Waals surface area contributed by atoms with Crippen LogP contribution in [0.5, 0.6) is 5.75 Å². The van der Waals surface area contributed by atoms with Crippen molar-refractivity contribution in [3.05, 3.63) is 29.8 Å². The molecule has 0 bridgehead atoms. The van der Waals surface area contributed by atoms with E-state index in [0.29, 0.717) is 25.5 Å². The highest BCUT2D eigenvalue weighted by atomic mass is 16.5. The van der Waals surface area contributed by atoms with Crippen LogP contribution < -0.4 is 15.4 Å². The van der Waals surface area contributed by atoms with Crippen molar-refractivity contribution in [3.8, 4) is 5.75 Å². The first kappa shape index (κ1) is 22.1. The number of hydrogen-bond donors (Lipinski definition) is 2. The second kappa shape index (κ2) is 10.3. The van der Waals surface area contributed by atoms with Crippen LogP contribution in [0.4, 0.5) is 4.79 Å². The van der Waals surface area contributed by atoms with Gasteiger partial charge in [0.1, 0.15) is 11.8 Å². The van der Waals surface area contributed by atoms with E-state index in [4.69, 9.17) is 4.74 Å². The summed E-state index contributed by atoms with van der Waals surface area (Å²) in [5.41, 5.74) is 1.01. The minimum Gasteiger partial charge on any atom is -0.494 e. The minimum absolute atomic E-state index is 0.0528. The van der Waals surface area contributed by atoms with Gasteiger partial charge in [0.15, 0.2) is 0 Å². The summed E-state index contributed by atoms with van der Waals surface area (Å²) in [6.45, 7) is 11.5. The van der Waals surface area contributed by atoms with Gasteiger partial charge in [-0.15, -0.1) is 0 Å². The number of hydrogen-bond acceptors (Lipinski definition) is 3. The average molecular weight is 390 g/mol. The lowest BCUT2D eigenvalue weighted by molar-refractivity contribution is -0.125. The number of carbonyl (C=O) groups excluding carboxylic acids is 2. The van der Waals surface area contributed by atoms with Crippen molar-refractivity contribution < 1.29 is 14.3 Å². The van der Waals surface area contributed by atoms with Gasteiger partial charge in [0, 0.05) is 12.6 Å². The maximum absolute atomic E-state index is 12.7. The third kappa shape index (κ3) is 6.43. The fourth-order valence-corrected chi connectivity index (χ4v) is 3.27. The SMILES string of the molecule is CC(C)CCOc1ccc(C(C)NC(=O)[C@@H]2CCCN2C(=O)NC(C)C)cc1. The van der Waals surface area contributed by atoms with E-state index < -0.39 is 6.04 Å². The molecule has 1 heterocycles. The lowest BCUT2D eigenvalue weighted by Gasteiger charge is -2.26. The molecule has 1 fully saturated rings. The molecule has 1 aliphatic heterocycles. The molecule has 1 unspecified atom stereocenters. The monoisotopic (exact) mass is 389 g/mol. The highest BCUT2D eigenvalue weighted by Crippen LogP contribution is 2.21. The Bertz CT molecular complexity index is 643. The number of likely N-dealkylation sites (tertiary alicyclic amines) is 1. The third-order valence-corrected chi connectivity index (χ3v) is 4.93. The lowest BCUT2D eigenvalue weighted by atomic mass is 10.1. The van der Waals surface area contributed by atoms with Crippen molar-refractivity contribution in [1.82, 2.24) is 15.5 Å². The normalized spacial score (nSPS) is 17.7. The Morgan fingerprint density at radius 3 is 2.39 bits per heavy atom. The van der Waals surface area contributed by atoms with Crippen molar-refractivity contribution in [3.63, 3.8) is 0 Å². The van der Waals surface area contributed by atoms with E-state index in [0.717, 1.165) is 24.2 Å². The second-order valence-corrected chi connectivity index (χ2v) is 8.29. The quantitative estimate of drug-likeness (QED) is 0.709. The summed E-state index contributed by atoms with van der Waals surface area (Å²) in [6, 6.07) is 7.20. The van der Waals surface area contributed by atoms with Crippen molar-refractivity contribution in [2.24, 2.45) is 5.92 Å². The summed E-state index contributed by atoms with van der Waals surface area (Å²) in [7, 11) is 0. The molecule has 0 spiro atoms. The molecule has 0 aliphatic carbocycles. The first-order chi connectivity index (χ1) is 13.3. The van der Waals surface area contributed by atoms with Crippen LogP contribution in [0.1, 0.15) is 65.5 Å². The number of nitrogens with zero attached hydrogens (tertiary/aromatic N) is 1. The van der Waals surface area contributed by atoms with Gasteiger partial charge in [0.05, 0.1) is 12.6 Å². The van der Waals surface area contributed by atoms with Crippen LogP contribution in [0, 0.1) is 5.92 Å². The van der Waals surface area contributed by atoms with Crippen molar-refractivity contribution in [1.29, 1.82) is 0 Å². The Hall–Kier alpha value is -2.24. The summed E-state index contributed by atoms with van der Waals surface area (Å²) >= 11 is 0. The van der Waals surface area contributed by atoms with Gasteiger partial charge in [-0.1, -0.05) is 26.0 Å². The molecule has 0 saturated carbocycles. The first-order valence-electron chi connectivity index (χ1n) is 10.4. The second-order valence-electron chi connectivity index (χ2n) is 8.29. The van der Waals surface area contributed by atoms with Crippen LogP contribution in [-0.2, 0) is 4.79 Å². The van der Waals surface area contributed by atoms with Crippen LogP contribution in [0.3, 0.4) is 0 Å². The largest absolute Gasteiger partial charge is 0.494 e. The average Bonchev–Trinajstić information content (AvgIpc) is 3.11. The van der Waals surface area contributed by atoms with E-state index in [1.54, 1.807) is 4.90 Å². The van der Waals surface area contributed by atoms with Crippen LogP contribution in [0.15, 0.2) is 24.3 Å². The molecule has 2 atom stereocenters. The Morgan fingerprint density at radius 1 is 1.11 bits per heavy atom.